The number of aromatic nitrogens is 1. The first-order valence-corrected chi connectivity index (χ1v) is 34.7. The van der Waals surface area contributed by atoms with Crippen LogP contribution >= 0.6 is 0 Å². The average molecular weight is 1280 g/mol. The molecule has 470 valence electrons. The van der Waals surface area contributed by atoms with Crippen molar-refractivity contribution in [2.75, 3.05) is 0 Å². The van der Waals surface area contributed by atoms with Gasteiger partial charge in [-0.2, -0.15) is 0 Å². The summed E-state index contributed by atoms with van der Waals surface area (Å²) in [4.78, 5) is 0. The third kappa shape index (κ3) is 9.73. The third-order valence-corrected chi connectivity index (χ3v) is 20.7. The summed E-state index contributed by atoms with van der Waals surface area (Å²) >= 11 is 0. The maximum atomic E-state index is 7.45. The lowest BCUT2D eigenvalue weighted by Crippen LogP contribution is -1.95. The van der Waals surface area contributed by atoms with Crippen LogP contribution in [-0.2, 0) is 0 Å². The van der Waals surface area contributed by atoms with Gasteiger partial charge in [-0.25, -0.2) is 0 Å². The fourth-order valence-corrected chi connectivity index (χ4v) is 16.0. The predicted molar refractivity (Wildman–Crippen MR) is 425 cm³/mol. The summed E-state index contributed by atoms with van der Waals surface area (Å²) in [6.45, 7) is 0. The molecule has 0 aliphatic carbocycles. The number of furan rings is 2. The SMILES string of the molecule is c1ccc(-c2cc(-c3ccccc3)c3oc4c(-c5ccc6c7ccc(-c8cc(-c9ccccc9)cc9c8oc8c(-c%10ccccc%10)cc(-c%10ccccc%10)cc89)cc7n(-c7ccc(-c8c9ccccc9c(-c9ccccc9)c9ccccc89)cc7)c6c5)cc(-c5ccccc5)cc4c3c2)cc1. The Bertz CT molecular complexity index is 6250. The molecule has 20 rings (SSSR count). The van der Waals surface area contributed by atoms with Crippen molar-refractivity contribution in [2.45, 2.75) is 0 Å². The lowest BCUT2D eigenvalue weighted by molar-refractivity contribution is 0.671. The second-order valence-corrected chi connectivity index (χ2v) is 26.6. The van der Waals surface area contributed by atoms with Gasteiger partial charge in [-0.05, 0) is 183 Å². The molecule has 0 saturated carbocycles. The second kappa shape index (κ2) is 23.7. The number of fused-ring (bicyclic) bond motifs is 11. The van der Waals surface area contributed by atoms with Crippen molar-refractivity contribution in [1.82, 2.24) is 4.57 Å². The van der Waals surface area contributed by atoms with Crippen molar-refractivity contribution in [1.29, 1.82) is 0 Å². The third-order valence-electron chi connectivity index (χ3n) is 20.7. The lowest BCUT2D eigenvalue weighted by atomic mass is 9.86. The van der Waals surface area contributed by atoms with Crippen LogP contribution in [0.5, 0.6) is 0 Å². The molecule has 0 aliphatic heterocycles. The van der Waals surface area contributed by atoms with Gasteiger partial charge in [0.1, 0.15) is 22.3 Å². The fraction of sp³-hybridized carbons (Fsp3) is 0. The highest BCUT2D eigenvalue weighted by atomic mass is 16.3. The van der Waals surface area contributed by atoms with Gasteiger partial charge in [-0.15, -0.1) is 0 Å². The van der Waals surface area contributed by atoms with Crippen LogP contribution in [0.15, 0.2) is 379 Å². The molecule has 0 atom stereocenters. The molecule has 0 fully saturated rings. The van der Waals surface area contributed by atoms with Gasteiger partial charge in [0.15, 0.2) is 0 Å². The Hall–Kier alpha value is -13.3. The van der Waals surface area contributed by atoms with Crippen LogP contribution in [-0.4, -0.2) is 4.57 Å². The second-order valence-electron chi connectivity index (χ2n) is 26.6. The van der Waals surface area contributed by atoms with Crippen molar-refractivity contribution >= 4 is 87.2 Å². The standard InChI is InChI=1S/C98H61NO2/c1-8-26-62(27-9-1)72-52-83(66-34-16-5-17-35-66)95-87(56-72)89-58-74(64-30-12-3-13-31-64)54-85(97(89)100-95)70-46-50-77-78-51-47-71(86-55-75(65-32-14-4-15-33-65)59-90-88-57-73(63-28-10-2-11-29-63)53-84(96(88)101-98(86)90)67-36-18-6-19-37-67)61-92(78)99(91(77)60-70)76-48-44-69(45-49-76)94-81-42-24-22-40-79(81)93(68-38-20-7-21-39-68)80-41-23-25-43-82(80)94/h1-61H. The van der Waals surface area contributed by atoms with Crippen molar-refractivity contribution in [3.8, 4) is 117 Å². The molecule has 3 heterocycles. The van der Waals surface area contributed by atoms with E-state index in [1.807, 2.05) is 0 Å². The Labute approximate surface area is 584 Å². The molecule has 17 aromatic carbocycles. The number of hydrogen-bond donors (Lipinski definition) is 0. The molecular formula is C98H61NO2. The van der Waals surface area contributed by atoms with E-state index in [-0.39, 0.29) is 0 Å². The summed E-state index contributed by atoms with van der Waals surface area (Å²) in [5.74, 6) is 0. The molecule has 3 nitrogen and oxygen atoms in total. The van der Waals surface area contributed by atoms with Gasteiger partial charge in [0.05, 0.1) is 11.0 Å². The van der Waals surface area contributed by atoms with E-state index in [0.717, 1.165) is 166 Å². The van der Waals surface area contributed by atoms with E-state index in [2.05, 4.69) is 375 Å². The van der Waals surface area contributed by atoms with E-state index < -0.39 is 0 Å². The maximum Gasteiger partial charge on any atom is 0.143 e. The van der Waals surface area contributed by atoms with Crippen LogP contribution < -0.4 is 0 Å². The van der Waals surface area contributed by atoms with E-state index in [4.69, 9.17) is 8.83 Å². The Kier molecular flexibility index (Phi) is 13.6. The van der Waals surface area contributed by atoms with Crippen LogP contribution in [0.3, 0.4) is 0 Å². The maximum absolute atomic E-state index is 7.45. The molecule has 101 heavy (non-hydrogen) atoms. The zero-order valence-corrected chi connectivity index (χ0v) is 55.0. The van der Waals surface area contributed by atoms with Crippen LogP contribution in [0, 0.1) is 0 Å². The largest absolute Gasteiger partial charge is 0.455 e. The van der Waals surface area contributed by atoms with E-state index in [1.165, 1.54) is 38.2 Å². The van der Waals surface area contributed by atoms with Gasteiger partial charge in [0, 0.05) is 60.3 Å². The molecule has 20 aromatic rings. The van der Waals surface area contributed by atoms with Crippen LogP contribution in [0.1, 0.15) is 0 Å². The van der Waals surface area contributed by atoms with Gasteiger partial charge in [0.2, 0.25) is 0 Å². The Morgan fingerprint density at radius 1 is 0.158 bits per heavy atom. The first-order chi connectivity index (χ1) is 50.1. The molecule has 0 radical (unpaired) electrons. The summed E-state index contributed by atoms with van der Waals surface area (Å²) < 4.78 is 17.4. The van der Waals surface area contributed by atoms with Gasteiger partial charge < -0.3 is 13.4 Å². The molecule has 0 saturated heterocycles. The molecule has 0 N–H and O–H groups in total. The average Bonchev–Trinajstić information content (AvgIpc) is 1.60. The zero-order valence-electron chi connectivity index (χ0n) is 55.0. The number of benzene rings is 17. The summed E-state index contributed by atoms with van der Waals surface area (Å²) in [6.07, 6.45) is 0. The minimum Gasteiger partial charge on any atom is -0.455 e. The summed E-state index contributed by atoms with van der Waals surface area (Å²) in [5, 5.41) is 11.4. The molecule has 0 unspecified atom stereocenters. The zero-order chi connectivity index (χ0) is 66.5. The quantitative estimate of drug-likeness (QED) is 0.121. The predicted octanol–water partition coefficient (Wildman–Crippen LogP) is 27.6. The van der Waals surface area contributed by atoms with Gasteiger partial charge in [0.25, 0.3) is 0 Å². The fourth-order valence-electron chi connectivity index (χ4n) is 16.0. The molecule has 3 aromatic heterocycles. The highest BCUT2D eigenvalue weighted by molar-refractivity contribution is 6.23. The Morgan fingerprint density at radius 3 is 0.713 bits per heavy atom. The summed E-state index contributed by atoms with van der Waals surface area (Å²) in [6, 6.07) is 135. The molecule has 0 amide bonds. The molecule has 0 bridgehead atoms. The normalized spacial score (nSPS) is 11.8. The minimum absolute atomic E-state index is 0.841. The molecular weight excluding hydrogens is 1220 g/mol. The van der Waals surface area contributed by atoms with Gasteiger partial charge >= 0.3 is 0 Å². The van der Waals surface area contributed by atoms with E-state index >= 15 is 0 Å². The van der Waals surface area contributed by atoms with E-state index in [9.17, 15) is 0 Å². The first kappa shape index (κ1) is 57.9. The summed E-state index contributed by atoms with van der Waals surface area (Å²) in [7, 11) is 0. The number of nitrogens with zero attached hydrogens (tertiary/aromatic N) is 1. The first-order valence-electron chi connectivity index (χ1n) is 34.7. The Balaban J connectivity index is 0.846. The van der Waals surface area contributed by atoms with Gasteiger partial charge in [-0.1, -0.05) is 297 Å². The lowest BCUT2D eigenvalue weighted by Gasteiger charge is -2.18. The van der Waals surface area contributed by atoms with Crippen molar-refractivity contribution in [3.05, 3.63) is 370 Å². The smallest absolute Gasteiger partial charge is 0.143 e. The topological polar surface area (TPSA) is 31.2 Å². The van der Waals surface area contributed by atoms with Crippen molar-refractivity contribution in [3.63, 3.8) is 0 Å². The van der Waals surface area contributed by atoms with E-state index in [1.54, 1.807) is 0 Å². The molecule has 3 heteroatoms. The monoisotopic (exact) mass is 1280 g/mol. The van der Waals surface area contributed by atoms with Crippen molar-refractivity contribution < 1.29 is 8.83 Å². The highest BCUT2D eigenvalue weighted by Gasteiger charge is 2.25. The van der Waals surface area contributed by atoms with E-state index in [0.29, 0.717) is 0 Å². The van der Waals surface area contributed by atoms with Crippen LogP contribution in [0.4, 0.5) is 0 Å². The number of rotatable bonds is 11. The molecule has 0 spiro atoms. The molecule has 0 aliphatic rings. The number of hydrogen-bond acceptors (Lipinski definition) is 2. The minimum atomic E-state index is 0.841. The Morgan fingerprint density at radius 2 is 0.406 bits per heavy atom. The van der Waals surface area contributed by atoms with Crippen molar-refractivity contribution in [2.24, 2.45) is 0 Å². The van der Waals surface area contributed by atoms with Crippen LogP contribution in [0.25, 0.3) is 204 Å². The summed E-state index contributed by atoms with van der Waals surface area (Å²) in [5.41, 5.74) is 28.9. The van der Waals surface area contributed by atoms with Crippen LogP contribution in [0.2, 0.25) is 0 Å². The van der Waals surface area contributed by atoms with Gasteiger partial charge in [-0.3, -0.25) is 0 Å². The highest BCUT2D eigenvalue weighted by Crippen LogP contribution is 2.50.